The number of hydrogen-bond donors (Lipinski definition) is 1. The topological polar surface area (TPSA) is 45.2 Å². The molecule has 0 fully saturated rings. The Hall–Kier alpha value is -2.36. The molecule has 0 saturated heterocycles. The van der Waals surface area contributed by atoms with E-state index in [2.05, 4.69) is 34.3 Å². The Morgan fingerprint density at radius 1 is 1.17 bits per heavy atom. The molecule has 0 aliphatic heterocycles. The highest BCUT2D eigenvalue weighted by Gasteiger charge is 2.11. The van der Waals surface area contributed by atoms with Crippen molar-refractivity contribution in [1.29, 1.82) is 0 Å². The molecular formula is C19H25N3O. The van der Waals surface area contributed by atoms with Crippen LogP contribution in [0.2, 0.25) is 0 Å². The minimum Gasteiger partial charge on any atom is -0.366 e. The zero-order valence-corrected chi connectivity index (χ0v) is 14.1. The fourth-order valence-electron chi connectivity index (χ4n) is 2.30. The first-order valence-corrected chi connectivity index (χ1v) is 8.19. The van der Waals surface area contributed by atoms with Gasteiger partial charge in [-0.25, -0.2) is 4.98 Å². The predicted octanol–water partition coefficient (Wildman–Crippen LogP) is 3.64. The number of carbonyl (C=O) groups is 1. The highest BCUT2D eigenvalue weighted by atomic mass is 16.1. The van der Waals surface area contributed by atoms with Gasteiger partial charge in [0.05, 0.1) is 11.9 Å². The summed E-state index contributed by atoms with van der Waals surface area (Å²) in [6, 6.07) is 14.3. The molecule has 0 spiro atoms. The molecule has 1 aromatic heterocycles. The summed E-state index contributed by atoms with van der Waals surface area (Å²) in [5.41, 5.74) is 2.74. The standard InChI is InChI=1S/C19H25N3O/c1-4-15(3)21-19(23)18-12-11-17(13-20-18)22(5-2)14-16-9-7-6-8-10-16/h6-13,15H,4-5,14H2,1-3H3,(H,21,23). The number of pyridine rings is 1. The Labute approximate surface area is 138 Å². The zero-order chi connectivity index (χ0) is 16.7. The number of nitrogens with zero attached hydrogens (tertiary/aromatic N) is 2. The van der Waals surface area contributed by atoms with Crippen LogP contribution in [0.1, 0.15) is 43.2 Å². The van der Waals surface area contributed by atoms with E-state index in [1.54, 1.807) is 12.3 Å². The maximum atomic E-state index is 12.1. The van der Waals surface area contributed by atoms with Gasteiger partial charge < -0.3 is 10.2 Å². The van der Waals surface area contributed by atoms with Crippen LogP contribution < -0.4 is 10.2 Å². The lowest BCUT2D eigenvalue weighted by Crippen LogP contribution is -2.32. The maximum absolute atomic E-state index is 12.1. The van der Waals surface area contributed by atoms with Crippen molar-refractivity contribution in [1.82, 2.24) is 10.3 Å². The molecule has 1 N–H and O–H groups in total. The van der Waals surface area contributed by atoms with Gasteiger partial charge in [-0.2, -0.15) is 0 Å². The average Bonchev–Trinajstić information content (AvgIpc) is 2.60. The minimum absolute atomic E-state index is 0.114. The van der Waals surface area contributed by atoms with E-state index in [4.69, 9.17) is 0 Å². The highest BCUT2D eigenvalue weighted by Crippen LogP contribution is 2.16. The molecule has 1 atom stereocenters. The van der Waals surface area contributed by atoms with Crippen LogP contribution in [0.25, 0.3) is 0 Å². The van der Waals surface area contributed by atoms with Gasteiger partial charge in [0.2, 0.25) is 0 Å². The predicted molar refractivity (Wildman–Crippen MR) is 94.6 cm³/mol. The smallest absolute Gasteiger partial charge is 0.270 e. The third kappa shape index (κ3) is 4.81. The normalized spacial score (nSPS) is 11.8. The number of amides is 1. The average molecular weight is 311 g/mol. The van der Waals surface area contributed by atoms with Crippen molar-refractivity contribution in [3.8, 4) is 0 Å². The second-order valence-electron chi connectivity index (χ2n) is 5.68. The minimum atomic E-state index is -0.114. The van der Waals surface area contributed by atoms with Crippen molar-refractivity contribution in [3.63, 3.8) is 0 Å². The lowest BCUT2D eigenvalue weighted by Gasteiger charge is -2.23. The van der Waals surface area contributed by atoms with E-state index < -0.39 is 0 Å². The third-order valence-electron chi connectivity index (χ3n) is 3.93. The molecule has 4 heteroatoms. The number of nitrogens with one attached hydrogen (secondary N) is 1. The van der Waals surface area contributed by atoms with E-state index in [0.717, 1.165) is 25.2 Å². The Morgan fingerprint density at radius 2 is 1.91 bits per heavy atom. The van der Waals surface area contributed by atoms with Crippen molar-refractivity contribution in [2.45, 2.75) is 39.8 Å². The molecule has 0 bridgehead atoms. The van der Waals surface area contributed by atoms with Gasteiger partial charge >= 0.3 is 0 Å². The number of hydrogen-bond acceptors (Lipinski definition) is 3. The molecule has 0 radical (unpaired) electrons. The van der Waals surface area contributed by atoms with Crippen molar-refractivity contribution < 1.29 is 4.79 Å². The second kappa shape index (κ2) is 8.32. The van der Waals surface area contributed by atoms with Crippen molar-refractivity contribution in [3.05, 3.63) is 59.9 Å². The quantitative estimate of drug-likeness (QED) is 0.849. The van der Waals surface area contributed by atoms with Crippen LogP contribution >= 0.6 is 0 Å². The third-order valence-corrected chi connectivity index (χ3v) is 3.93. The van der Waals surface area contributed by atoms with Gasteiger partial charge in [0, 0.05) is 19.1 Å². The zero-order valence-electron chi connectivity index (χ0n) is 14.1. The number of aromatic nitrogens is 1. The van der Waals surface area contributed by atoms with Crippen LogP contribution in [0.5, 0.6) is 0 Å². The molecule has 1 aromatic carbocycles. The molecule has 23 heavy (non-hydrogen) atoms. The molecular weight excluding hydrogens is 286 g/mol. The van der Waals surface area contributed by atoms with Crippen LogP contribution in [0.4, 0.5) is 5.69 Å². The molecule has 0 saturated carbocycles. The van der Waals surface area contributed by atoms with E-state index in [0.29, 0.717) is 5.69 Å². The van der Waals surface area contributed by atoms with Crippen LogP contribution in [0.15, 0.2) is 48.7 Å². The number of rotatable bonds is 7. The molecule has 1 amide bonds. The van der Waals surface area contributed by atoms with Crippen LogP contribution in [0.3, 0.4) is 0 Å². The van der Waals surface area contributed by atoms with Gasteiger partial charge in [-0.3, -0.25) is 4.79 Å². The Balaban J connectivity index is 2.06. The Bertz CT molecular complexity index is 610. The van der Waals surface area contributed by atoms with E-state index in [9.17, 15) is 4.79 Å². The van der Waals surface area contributed by atoms with Gasteiger partial charge in [0.15, 0.2) is 0 Å². The van der Waals surface area contributed by atoms with Gasteiger partial charge in [-0.15, -0.1) is 0 Å². The van der Waals surface area contributed by atoms with Gasteiger partial charge in [-0.1, -0.05) is 37.3 Å². The molecule has 0 aliphatic rings. The van der Waals surface area contributed by atoms with Gasteiger partial charge in [-0.05, 0) is 38.0 Å². The SMILES string of the molecule is CCC(C)NC(=O)c1ccc(N(CC)Cc2ccccc2)cn1. The fourth-order valence-corrected chi connectivity index (χ4v) is 2.30. The lowest BCUT2D eigenvalue weighted by atomic mass is 10.2. The van der Waals surface area contributed by atoms with Crippen LogP contribution in [0, 0.1) is 0 Å². The summed E-state index contributed by atoms with van der Waals surface area (Å²) in [6.07, 6.45) is 2.68. The van der Waals surface area contributed by atoms with Gasteiger partial charge in [0.25, 0.3) is 5.91 Å². The van der Waals surface area contributed by atoms with E-state index in [1.807, 2.05) is 38.1 Å². The van der Waals surface area contributed by atoms with E-state index >= 15 is 0 Å². The van der Waals surface area contributed by atoms with Crippen molar-refractivity contribution in [2.75, 3.05) is 11.4 Å². The second-order valence-corrected chi connectivity index (χ2v) is 5.68. The summed E-state index contributed by atoms with van der Waals surface area (Å²) in [6.45, 7) is 7.87. The number of carbonyl (C=O) groups excluding carboxylic acids is 1. The first-order chi connectivity index (χ1) is 11.1. The molecule has 2 aromatic rings. The molecule has 1 heterocycles. The Morgan fingerprint density at radius 3 is 2.48 bits per heavy atom. The maximum Gasteiger partial charge on any atom is 0.270 e. The summed E-state index contributed by atoms with van der Waals surface area (Å²) >= 11 is 0. The first-order valence-electron chi connectivity index (χ1n) is 8.19. The molecule has 0 aliphatic carbocycles. The van der Waals surface area contributed by atoms with E-state index in [1.165, 1.54) is 5.56 Å². The molecule has 1 unspecified atom stereocenters. The van der Waals surface area contributed by atoms with Crippen molar-refractivity contribution in [2.24, 2.45) is 0 Å². The van der Waals surface area contributed by atoms with Crippen molar-refractivity contribution >= 4 is 11.6 Å². The monoisotopic (exact) mass is 311 g/mol. The Kier molecular flexibility index (Phi) is 6.15. The van der Waals surface area contributed by atoms with E-state index in [-0.39, 0.29) is 11.9 Å². The number of anilines is 1. The highest BCUT2D eigenvalue weighted by molar-refractivity contribution is 5.92. The summed E-state index contributed by atoms with van der Waals surface area (Å²) in [7, 11) is 0. The van der Waals surface area contributed by atoms with Gasteiger partial charge in [0.1, 0.15) is 5.69 Å². The summed E-state index contributed by atoms with van der Waals surface area (Å²) in [5, 5.41) is 2.93. The molecule has 4 nitrogen and oxygen atoms in total. The first kappa shape index (κ1) is 17.0. The molecule has 2 rings (SSSR count). The number of benzene rings is 1. The fraction of sp³-hybridized carbons (Fsp3) is 0.368. The molecule has 122 valence electrons. The summed E-state index contributed by atoms with van der Waals surface area (Å²) < 4.78 is 0. The summed E-state index contributed by atoms with van der Waals surface area (Å²) in [5.74, 6) is -0.114. The van der Waals surface area contributed by atoms with Crippen LogP contribution in [-0.4, -0.2) is 23.5 Å². The lowest BCUT2D eigenvalue weighted by molar-refractivity contribution is 0.0934. The summed E-state index contributed by atoms with van der Waals surface area (Å²) in [4.78, 5) is 18.6. The largest absolute Gasteiger partial charge is 0.366 e. The van der Waals surface area contributed by atoms with Crippen LogP contribution in [-0.2, 0) is 6.54 Å².